The van der Waals surface area contributed by atoms with E-state index < -0.39 is 143 Å². The van der Waals surface area contributed by atoms with E-state index in [0.717, 1.165) is 13.7 Å². The zero-order valence-corrected chi connectivity index (χ0v) is 44.5. The molecule has 0 amide bonds. The fourth-order valence-electron chi connectivity index (χ4n) is 8.72. The van der Waals surface area contributed by atoms with Gasteiger partial charge in [-0.15, -0.1) is 0 Å². The van der Waals surface area contributed by atoms with Gasteiger partial charge in [0.2, 0.25) is 0 Å². The first kappa shape index (κ1) is 56.5. The lowest BCUT2D eigenvalue weighted by Crippen LogP contribution is -2.33. The van der Waals surface area contributed by atoms with Gasteiger partial charge in [0, 0.05) is 49.8 Å². The Balaban J connectivity index is 0.875. The van der Waals surface area contributed by atoms with Crippen LogP contribution in [0.1, 0.15) is 56.2 Å². The lowest BCUT2D eigenvalue weighted by Gasteiger charge is -2.28. The van der Waals surface area contributed by atoms with Gasteiger partial charge in [-0.3, -0.25) is 28.0 Å². The third kappa shape index (κ3) is 12.9. The fraction of sp³-hybridized carbons (Fsp3) is 0.553. The monoisotopic (exact) mass is 1180 g/mol. The molecule has 0 aromatic carbocycles. The second-order valence-electron chi connectivity index (χ2n) is 17.6. The molecule has 414 valence electrons. The quantitative estimate of drug-likeness (QED) is 0.0392. The van der Waals surface area contributed by atoms with Crippen molar-refractivity contribution in [3.05, 3.63) is 90.7 Å². The maximum absolute atomic E-state index is 13.0. The standard InChI is InChI=1S/C38H50N13O19P3S3/c1-17-10-50(38(57)47-35(17)54)30-9-21(70-71(58,74)61-12-23-18(53)6-28(65-23)48-4-2-26(39)45-36(48)55)25(67-30)14-63-73(60,76)69-20-8-29(49-5-3-27(40)46-37(49)56)66-24(20)13-62-72(59,75)68-19-7-31(64-22(19)11-52)51-16-44-32-33(41)42-15-43-34(32)51/h2-5,10,15-16,18-25,28-31,52-53H,6-9,11-14H2,1H3,(H,58,74)(H,59,75)(H,60,76)(H2,39,45,55)(H2,40,46,56)(H2,41,42,43)(H,47,54,57)/t18-,19-,20-,21-,22+,23+,24+,25+,28+,29+,30+,31+,71?,72?,73?/m0/s1. The third-order valence-electron chi connectivity index (χ3n) is 12.4. The van der Waals surface area contributed by atoms with Crippen LogP contribution in [0, 0.1) is 6.92 Å². The fourth-order valence-corrected chi connectivity index (χ4v) is 13.1. The molecule has 0 bridgehead atoms. The maximum Gasteiger partial charge on any atom is 0.351 e. The average molecular weight is 1180 g/mol. The molecule has 5 aromatic heterocycles. The zero-order chi connectivity index (χ0) is 54.4. The van der Waals surface area contributed by atoms with E-state index >= 15 is 0 Å². The molecule has 0 radical (unpaired) electrons. The Labute approximate surface area is 442 Å². The van der Waals surface area contributed by atoms with Crippen LogP contribution in [0.2, 0.25) is 0 Å². The van der Waals surface area contributed by atoms with Crippen LogP contribution in [0.25, 0.3) is 11.2 Å². The minimum atomic E-state index is -4.43. The minimum Gasteiger partial charge on any atom is -0.394 e. The summed E-state index contributed by atoms with van der Waals surface area (Å²) >= 11 is 16.2. The SMILES string of the molecule is Cc1cn([C@H]2C[C@H](OP(O)(=S)OC[C@H]3O[C@@H](n4ccc(N)nc4=O)C[C@@H]3O)[C@@H](COP(O)(=S)O[C@H]3C[C@H](n4ccc(N)nc4=O)O[C@@H]3COP(O)(=S)O[C@H]3C[C@H](n4cnc5c(N)ncnc54)O[C@@H]3CO)O2)c(=O)[nH]c1=O. The van der Waals surface area contributed by atoms with Crippen molar-refractivity contribution in [3.8, 4) is 0 Å². The van der Waals surface area contributed by atoms with E-state index in [9.17, 15) is 44.1 Å². The number of nitrogens with two attached hydrogens (primary N) is 3. The number of nitrogens with zero attached hydrogens (tertiary/aromatic N) is 9. The van der Waals surface area contributed by atoms with Gasteiger partial charge in [0.1, 0.15) is 72.8 Å². The van der Waals surface area contributed by atoms with E-state index in [1.54, 1.807) is 4.57 Å². The van der Waals surface area contributed by atoms with Gasteiger partial charge in [-0.2, -0.15) is 9.97 Å². The number of H-pyrrole nitrogens is 1. The van der Waals surface area contributed by atoms with E-state index in [1.807, 2.05) is 0 Å². The van der Waals surface area contributed by atoms with E-state index in [-0.39, 0.29) is 48.7 Å². The van der Waals surface area contributed by atoms with Gasteiger partial charge in [-0.1, -0.05) is 0 Å². The number of nitrogen functional groups attached to an aromatic ring is 3. The van der Waals surface area contributed by atoms with Gasteiger partial charge in [-0.05, 0) is 54.5 Å². The number of hydrogen-bond donors (Lipinski definition) is 9. The molecular formula is C38H50N13O19P3S3. The van der Waals surface area contributed by atoms with Gasteiger partial charge in [0.15, 0.2) is 11.5 Å². The predicted octanol–water partition coefficient (Wildman–Crippen LogP) is -1.70. The van der Waals surface area contributed by atoms with Crippen molar-refractivity contribution < 1.29 is 71.0 Å². The van der Waals surface area contributed by atoms with Crippen LogP contribution in [-0.4, -0.2) is 148 Å². The molecule has 9 heterocycles. The normalized spacial score (nSPS) is 30.1. The summed E-state index contributed by atoms with van der Waals surface area (Å²) in [6.07, 6.45) is -7.31. The van der Waals surface area contributed by atoms with Gasteiger partial charge >= 0.3 is 37.2 Å². The van der Waals surface area contributed by atoms with Crippen LogP contribution in [0.3, 0.4) is 0 Å². The highest BCUT2D eigenvalue weighted by Crippen LogP contribution is 2.54. The molecule has 0 aliphatic carbocycles. The molecule has 4 aliphatic rings. The molecule has 4 aliphatic heterocycles. The first-order valence-corrected chi connectivity index (χ1v) is 30.5. The number of ether oxygens (including phenoxy) is 4. The van der Waals surface area contributed by atoms with Crippen LogP contribution in [0.4, 0.5) is 17.5 Å². The Morgan fingerprint density at radius 2 is 1.13 bits per heavy atom. The summed E-state index contributed by atoms with van der Waals surface area (Å²) < 4.78 is 63.9. The molecule has 76 heavy (non-hydrogen) atoms. The van der Waals surface area contributed by atoms with Crippen molar-refractivity contribution in [2.24, 2.45) is 0 Å². The van der Waals surface area contributed by atoms with E-state index in [2.05, 4.69) is 29.9 Å². The first-order valence-electron chi connectivity index (χ1n) is 22.8. The molecule has 0 spiro atoms. The number of fused-ring (bicyclic) bond motifs is 1. The highest BCUT2D eigenvalue weighted by atomic mass is 32.5. The van der Waals surface area contributed by atoms with Crippen molar-refractivity contribution >= 4 is 84.2 Å². The number of aromatic amines is 1. The van der Waals surface area contributed by atoms with Crippen molar-refractivity contribution in [1.82, 2.24) is 48.2 Å². The zero-order valence-electron chi connectivity index (χ0n) is 39.4. The lowest BCUT2D eigenvalue weighted by molar-refractivity contribution is -0.0568. The van der Waals surface area contributed by atoms with Gasteiger partial charge in [-0.25, -0.2) is 29.3 Å². The summed E-state index contributed by atoms with van der Waals surface area (Å²) in [5, 5.41) is 20.9. The lowest BCUT2D eigenvalue weighted by atomic mass is 10.2. The Kier molecular flexibility index (Phi) is 17.0. The second kappa shape index (κ2) is 22.8. The number of hydrogen-bond acceptors (Lipinski definition) is 27. The molecule has 9 rings (SSSR count). The van der Waals surface area contributed by atoms with Gasteiger partial charge < -0.3 is 88.2 Å². The molecule has 5 aromatic rings. The number of nitrogens with one attached hydrogen (secondary N) is 1. The number of anilines is 3. The Hall–Kier alpha value is -4.26. The molecule has 15 atom stereocenters. The molecule has 32 nitrogen and oxygen atoms in total. The second-order valence-corrected chi connectivity index (χ2v) is 26.0. The highest BCUT2D eigenvalue weighted by molar-refractivity contribution is 8.07. The Morgan fingerprint density at radius 3 is 1.66 bits per heavy atom. The van der Waals surface area contributed by atoms with Crippen LogP contribution < -0.4 is 39.8 Å². The van der Waals surface area contributed by atoms with Crippen LogP contribution >= 0.6 is 20.2 Å². The number of aliphatic hydroxyl groups is 2. The number of aliphatic hydroxyl groups excluding tert-OH is 2. The highest BCUT2D eigenvalue weighted by Gasteiger charge is 2.46. The number of aromatic nitrogens is 10. The predicted molar refractivity (Wildman–Crippen MR) is 271 cm³/mol. The number of rotatable bonds is 20. The van der Waals surface area contributed by atoms with E-state index in [4.69, 9.17) is 98.7 Å². The largest absolute Gasteiger partial charge is 0.394 e. The summed E-state index contributed by atoms with van der Waals surface area (Å²) in [6, 6.07) is 2.71. The Bertz CT molecular complexity index is 3350. The molecular weight excluding hydrogens is 1130 g/mol. The van der Waals surface area contributed by atoms with E-state index in [0.29, 0.717) is 11.2 Å². The topological polar surface area (TPSA) is 440 Å². The maximum atomic E-state index is 13.0. The molecule has 38 heteroatoms. The smallest absolute Gasteiger partial charge is 0.351 e. The molecule has 4 saturated heterocycles. The minimum absolute atomic E-state index is 0.0169. The van der Waals surface area contributed by atoms with Crippen LogP contribution in [0.5, 0.6) is 0 Å². The molecule has 12 N–H and O–H groups in total. The van der Waals surface area contributed by atoms with Gasteiger partial charge in [0.25, 0.3) is 5.56 Å². The summed E-state index contributed by atoms with van der Waals surface area (Å²) in [5.74, 6) is 0.0406. The van der Waals surface area contributed by atoms with Crippen LogP contribution in [-0.2, 0) is 81.5 Å². The summed E-state index contributed by atoms with van der Waals surface area (Å²) in [6.45, 7) is -13.8. The molecule has 0 saturated carbocycles. The van der Waals surface area contributed by atoms with Crippen molar-refractivity contribution in [3.63, 3.8) is 0 Å². The van der Waals surface area contributed by atoms with E-state index in [1.165, 1.54) is 50.3 Å². The van der Waals surface area contributed by atoms with Gasteiger partial charge in [0.05, 0.1) is 57.2 Å². The summed E-state index contributed by atoms with van der Waals surface area (Å²) in [4.78, 5) is 107. The summed E-state index contributed by atoms with van der Waals surface area (Å²) in [7, 11) is 0. The van der Waals surface area contributed by atoms with Crippen molar-refractivity contribution in [2.75, 3.05) is 43.6 Å². The molecule has 4 fully saturated rings. The molecule has 3 unspecified atom stereocenters. The van der Waals surface area contributed by atoms with Crippen molar-refractivity contribution in [2.45, 2.75) is 106 Å². The Morgan fingerprint density at radius 1 is 0.671 bits per heavy atom. The van der Waals surface area contributed by atoms with Crippen LogP contribution in [0.15, 0.2) is 62.6 Å². The average Bonchev–Trinajstić information content (AvgIpc) is 4.21. The first-order chi connectivity index (χ1) is 35.9. The van der Waals surface area contributed by atoms with Crippen molar-refractivity contribution in [1.29, 1.82) is 0 Å². The number of aryl methyl sites for hydroxylation is 1. The summed E-state index contributed by atoms with van der Waals surface area (Å²) in [5.41, 5.74) is 15.0. The number of imidazole rings is 1. The third-order valence-corrected chi connectivity index (χ3v) is 17.2.